The average Bonchev–Trinajstić information content (AvgIpc) is 2.75. The first-order valence-electron chi connectivity index (χ1n) is 4.99. The molecule has 3 aromatic rings. The fraction of sp³-hybridized carbons (Fsp3) is 0. The van der Waals surface area contributed by atoms with Gasteiger partial charge in [0, 0.05) is 15.4 Å². The summed E-state index contributed by atoms with van der Waals surface area (Å²) in [6.45, 7) is 0. The van der Waals surface area contributed by atoms with Crippen LogP contribution in [0.25, 0.3) is 21.3 Å². The zero-order chi connectivity index (χ0) is 11.8. The lowest BCUT2D eigenvalue weighted by Gasteiger charge is -2.01. The predicted octanol–water partition coefficient (Wildman–Crippen LogP) is 3.70. The van der Waals surface area contributed by atoms with E-state index in [1.54, 1.807) is 11.3 Å². The molecule has 2 heterocycles. The number of fused-ring (bicyclic) bond motifs is 1. The minimum Gasteiger partial charge on any atom is -0.383 e. The third kappa shape index (κ3) is 1.81. The molecule has 0 saturated carbocycles. The monoisotopic (exact) mass is 305 g/mol. The van der Waals surface area contributed by atoms with Crippen molar-refractivity contribution in [2.24, 2.45) is 0 Å². The van der Waals surface area contributed by atoms with Crippen molar-refractivity contribution in [3.05, 3.63) is 40.4 Å². The van der Waals surface area contributed by atoms with Crippen LogP contribution in [0.5, 0.6) is 0 Å². The van der Waals surface area contributed by atoms with Crippen molar-refractivity contribution < 1.29 is 0 Å². The molecule has 0 aliphatic heterocycles. The number of hydrogen-bond acceptors (Lipinski definition) is 4. The summed E-state index contributed by atoms with van der Waals surface area (Å²) in [5, 5.41) is 3.01. The van der Waals surface area contributed by atoms with Crippen molar-refractivity contribution in [3.63, 3.8) is 0 Å². The summed E-state index contributed by atoms with van der Waals surface area (Å²) in [6, 6.07) is 8.13. The van der Waals surface area contributed by atoms with Gasteiger partial charge in [0.1, 0.15) is 17.0 Å². The number of nitrogen functional groups attached to an aromatic ring is 1. The zero-order valence-electron chi connectivity index (χ0n) is 8.72. The summed E-state index contributed by atoms with van der Waals surface area (Å²) in [6.07, 6.45) is 1.50. The summed E-state index contributed by atoms with van der Waals surface area (Å²) >= 11 is 5.01. The van der Waals surface area contributed by atoms with Gasteiger partial charge in [-0.2, -0.15) is 0 Å². The topological polar surface area (TPSA) is 51.8 Å². The van der Waals surface area contributed by atoms with Crippen LogP contribution in [0.2, 0.25) is 0 Å². The molecule has 0 fully saturated rings. The van der Waals surface area contributed by atoms with E-state index < -0.39 is 0 Å². The second-order valence-corrected chi connectivity index (χ2v) is 5.37. The smallest absolute Gasteiger partial charge is 0.136 e. The van der Waals surface area contributed by atoms with Gasteiger partial charge in [0.25, 0.3) is 0 Å². The molecular formula is C12H8BrN3S. The van der Waals surface area contributed by atoms with Gasteiger partial charge in [-0.15, -0.1) is 11.3 Å². The Balaban J connectivity index is 2.27. The highest BCUT2D eigenvalue weighted by Crippen LogP contribution is 2.35. The average molecular weight is 306 g/mol. The van der Waals surface area contributed by atoms with Gasteiger partial charge in [0.15, 0.2) is 0 Å². The van der Waals surface area contributed by atoms with Crippen molar-refractivity contribution in [1.29, 1.82) is 0 Å². The van der Waals surface area contributed by atoms with Crippen LogP contribution in [0.3, 0.4) is 0 Å². The third-order valence-electron chi connectivity index (χ3n) is 2.55. The highest BCUT2D eigenvalue weighted by Gasteiger charge is 2.10. The van der Waals surface area contributed by atoms with Crippen molar-refractivity contribution in [2.75, 3.05) is 5.73 Å². The molecule has 0 spiro atoms. The van der Waals surface area contributed by atoms with Crippen LogP contribution in [-0.4, -0.2) is 9.97 Å². The van der Waals surface area contributed by atoms with Crippen molar-refractivity contribution in [3.8, 4) is 11.1 Å². The Hall–Kier alpha value is -1.46. The van der Waals surface area contributed by atoms with Crippen LogP contribution in [0.1, 0.15) is 0 Å². The van der Waals surface area contributed by atoms with E-state index in [2.05, 4.69) is 43.4 Å². The van der Waals surface area contributed by atoms with E-state index in [0.29, 0.717) is 5.82 Å². The van der Waals surface area contributed by atoms with E-state index in [1.165, 1.54) is 6.33 Å². The molecule has 17 heavy (non-hydrogen) atoms. The molecule has 2 N–H and O–H groups in total. The lowest BCUT2D eigenvalue weighted by molar-refractivity contribution is 1.24. The molecule has 0 saturated heterocycles. The highest BCUT2D eigenvalue weighted by molar-refractivity contribution is 9.10. The Morgan fingerprint density at radius 3 is 2.65 bits per heavy atom. The number of anilines is 1. The zero-order valence-corrected chi connectivity index (χ0v) is 11.1. The van der Waals surface area contributed by atoms with Crippen LogP contribution in [0.4, 0.5) is 5.82 Å². The van der Waals surface area contributed by atoms with Crippen LogP contribution in [0, 0.1) is 0 Å². The molecule has 0 unspecified atom stereocenters. The maximum Gasteiger partial charge on any atom is 0.136 e. The number of benzene rings is 1. The molecule has 84 valence electrons. The van der Waals surface area contributed by atoms with Crippen LogP contribution in [0.15, 0.2) is 40.4 Å². The second-order valence-electron chi connectivity index (χ2n) is 3.60. The summed E-state index contributed by atoms with van der Waals surface area (Å²) in [4.78, 5) is 9.20. The maximum atomic E-state index is 5.92. The summed E-state index contributed by atoms with van der Waals surface area (Å²) in [5.41, 5.74) is 8.13. The van der Waals surface area contributed by atoms with Gasteiger partial charge in [-0.25, -0.2) is 9.97 Å². The van der Waals surface area contributed by atoms with Gasteiger partial charge in [0.05, 0.1) is 5.39 Å². The highest BCUT2D eigenvalue weighted by atomic mass is 79.9. The largest absolute Gasteiger partial charge is 0.383 e. The quantitative estimate of drug-likeness (QED) is 0.746. The Morgan fingerprint density at radius 1 is 1.12 bits per heavy atom. The molecule has 0 atom stereocenters. The molecule has 0 aliphatic rings. The molecule has 0 bridgehead atoms. The van der Waals surface area contributed by atoms with Crippen LogP contribution in [-0.2, 0) is 0 Å². The van der Waals surface area contributed by atoms with E-state index in [0.717, 1.165) is 25.8 Å². The molecule has 5 heteroatoms. The van der Waals surface area contributed by atoms with E-state index in [9.17, 15) is 0 Å². The number of aromatic nitrogens is 2. The summed E-state index contributed by atoms with van der Waals surface area (Å²) < 4.78 is 1.06. The van der Waals surface area contributed by atoms with E-state index in [-0.39, 0.29) is 0 Å². The molecule has 0 aliphatic carbocycles. The van der Waals surface area contributed by atoms with E-state index in [4.69, 9.17) is 5.73 Å². The number of hydrogen-bond donors (Lipinski definition) is 1. The van der Waals surface area contributed by atoms with Gasteiger partial charge in [-0.1, -0.05) is 28.1 Å². The molecule has 3 nitrogen and oxygen atoms in total. The lowest BCUT2D eigenvalue weighted by atomic mass is 10.1. The van der Waals surface area contributed by atoms with Crippen LogP contribution < -0.4 is 5.73 Å². The number of thiophene rings is 1. The van der Waals surface area contributed by atoms with Gasteiger partial charge in [0.2, 0.25) is 0 Å². The Kier molecular flexibility index (Phi) is 2.57. The molecule has 1 aromatic carbocycles. The van der Waals surface area contributed by atoms with Crippen LogP contribution >= 0.6 is 27.3 Å². The summed E-state index contributed by atoms with van der Waals surface area (Å²) in [7, 11) is 0. The fourth-order valence-corrected chi connectivity index (χ4v) is 2.93. The third-order valence-corrected chi connectivity index (χ3v) is 3.97. The van der Waals surface area contributed by atoms with Gasteiger partial charge in [-0.3, -0.25) is 0 Å². The molecule has 2 aromatic heterocycles. The second kappa shape index (κ2) is 4.09. The van der Waals surface area contributed by atoms with Gasteiger partial charge < -0.3 is 5.73 Å². The minimum atomic E-state index is 0.536. The number of nitrogens with two attached hydrogens (primary N) is 1. The summed E-state index contributed by atoms with van der Waals surface area (Å²) in [5.74, 6) is 0.536. The normalized spacial score (nSPS) is 10.9. The fourth-order valence-electron chi connectivity index (χ4n) is 1.74. The number of halogens is 1. The molecule has 0 radical (unpaired) electrons. The first-order valence-corrected chi connectivity index (χ1v) is 6.66. The molecule has 0 amide bonds. The Bertz CT molecular complexity index is 676. The SMILES string of the molecule is Nc1ncnc2scc(-c3ccc(Br)cc3)c12. The first kappa shape index (κ1) is 10.7. The van der Waals surface area contributed by atoms with Crippen molar-refractivity contribution >= 4 is 43.3 Å². The van der Waals surface area contributed by atoms with E-state index in [1.807, 2.05) is 12.1 Å². The first-order chi connectivity index (χ1) is 8.25. The Labute approximate surface area is 110 Å². The minimum absolute atomic E-state index is 0.536. The molecule has 3 rings (SSSR count). The van der Waals surface area contributed by atoms with Crippen molar-refractivity contribution in [2.45, 2.75) is 0 Å². The number of nitrogens with zero attached hydrogens (tertiary/aromatic N) is 2. The van der Waals surface area contributed by atoms with Gasteiger partial charge >= 0.3 is 0 Å². The Morgan fingerprint density at radius 2 is 1.88 bits per heavy atom. The molecular weight excluding hydrogens is 298 g/mol. The van der Waals surface area contributed by atoms with E-state index >= 15 is 0 Å². The van der Waals surface area contributed by atoms with Gasteiger partial charge in [-0.05, 0) is 17.7 Å². The predicted molar refractivity (Wildman–Crippen MR) is 75.0 cm³/mol. The maximum absolute atomic E-state index is 5.92. The lowest BCUT2D eigenvalue weighted by Crippen LogP contribution is -1.91. The number of rotatable bonds is 1. The standard InChI is InChI=1S/C12H8BrN3S/c13-8-3-1-7(2-4-8)9-5-17-12-10(9)11(14)15-6-16-12/h1-6H,(H2,14,15,16). The van der Waals surface area contributed by atoms with Crippen molar-refractivity contribution in [1.82, 2.24) is 9.97 Å².